The van der Waals surface area contributed by atoms with Crippen molar-refractivity contribution >= 4 is 17.6 Å². The van der Waals surface area contributed by atoms with Crippen LogP contribution in [-0.4, -0.2) is 32.4 Å². The highest BCUT2D eigenvalue weighted by molar-refractivity contribution is 6.31. The summed E-state index contributed by atoms with van der Waals surface area (Å²) in [4.78, 5) is 11.6. The summed E-state index contributed by atoms with van der Waals surface area (Å²) in [5.41, 5.74) is -0.0585. The molecular weight excluding hydrogens is 266 g/mol. The van der Waals surface area contributed by atoms with Crippen LogP contribution in [0.25, 0.3) is 0 Å². The third-order valence-electron chi connectivity index (χ3n) is 3.69. The fraction of sp³-hybridized carbons (Fsp3) is 0.692. The van der Waals surface area contributed by atoms with E-state index in [1.807, 2.05) is 25.5 Å². The number of aliphatic carboxylic acids is 1. The molecule has 1 aromatic rings. The Kier molecular flexibility index (Phi) is 3.87. The van der Waals surface area contributed by atoms with Gasteiger partial charge in [-0.3, -0.25) is 14.8 Å². The maximum atomic E-state index is 11.6. The molecule has 1 aliphatic carbocycles. The lowest BCUT2D eigenvalue weighted by Gasteiger charge is -2.28. The van der Waals surface area contributed by atoms with E-state index < -0.39 is 11.5 Å². The van der Waals surface area contributed by atoms with Crippen molar-refractivity contribution in [2.45, 2.75) is 57.7 Å². The average Bonchev–Trinajstić information content (AvgIpc) is 2.84. The van der Waals surface area contributed by atoms with Gasteiger partial charge < -0.3 is 5.11 Å². The smallest absolute Gasteiger partial charge is 0.323 e. The Bertz CT molecular complexity index is 467. The van der Waals surface area contributed by atoms with Crippen LogP contribution in [0.5, 0.6) is 0 Å². The maximum Gasteiger partial charge on any atom is 0.323 e. The molecule has 1 aliphatic rings. The Balaban J connectivity index is 2.19. The lowest BCUT2D eigenvalue weighted by atomic mass is 9.96. The minimum atomic E-state index is -0.842. The number of carboxylic acids is 1. The molecule has 6 heteroatoms. The highest BCUT2D eigenvalue weighted by Crippen LogP contribution is 2.38. The minimum Gasteiger partial charge on any atom is -0.480 e. The third kappa shape index (κ3) is 2.77. The highest BCUT2D eigenvalue weighted by atomic mass is 35.5. The van der Waals surface area contributed by atoms with Crippen molar-refractivity contribution in [2.24, 2.45) is 0 Å². The number of hydrogen-bond donors (Lipinski definition) is 2. The standard InChI is InChI=1S/C13H20ClN3O2/c1-8(2)15-13(12(18)19)5-4-10(6-13)17-7-11(14)9(3)16-17/h7-8,10,15H,4-6H2,1-3H3,(H,18,19). The zero-order chi connectivity index (χ0) is 14.2. The number of carbonyl (C=O) groups is 1. The van der Waals surface area contributed by atoms with E-state index in [9.17, 15) is 9.90 Å². The number of halogens is 1. The van der Waals surface area contributed by atoms with Crippen molar-refractivity contribution in [3.8, 4) is 0 Å². The van der Waals surface area contributed by atoms with Crippen LogP contribution in [0.3, 0.4) is 0 Å². The Morgan fingerprint density at radius 3 is 2.84 bits per heavy atom. The van der Waals surface area contributed by atoms with E-state index in [1.165, 1.54) is 0 Å². The van der Waals surface area contributed by atoms with Crippen LogP contribution in [0.4, 0.5) is 0 Å². The fourth-order valence-electron chi connectivity index (χ4n) is 2.83. The van der Waals surface area contributed by atoms with Crippen molar-refractivity contribution in [1.29, 1.82) is 0 Å². The second kappa shape index (κ2) is 5.13. The topological polar surface area (TPSA) is 67.2 Å². The van der Waals surface area contributed by atoms with Crippen LogP contribution in [0.15, 0.2) is 6.20 Å². The SMILES string of the molecule is Cc1nn(C2CCC(NC(C)C)(C(=O)O)C2)cc1Cl. The van der Waals surface area contributed by atoms with Crippen LogP contribution >= 0.6 is 11.6 Å². The van der Waals surface area contributed by atoms with Crippen molar-refractivity contribution in [3.05, 3.63) is 16.9 Å². The summed E-state index contributed by atoms with van der Waals surface area (Å²) in [5.74, 6) is -0.779. The van der Waals surface area contributed by atoms with E-state index in [4.69, 9.17) is 11.6 Å². The number of carboxylic acid groups (broad SMARTS) is 1. The summed E-state index contributed by atoms with van der Waals surface area (Å²) in [6, 6.07) is 0.228. The maximum absolute atomic E-state index is 11.6. The first-order valence-corrected chi connectivity index (χ1v) is 6.94. The Labute approximate surface area is 117 Å². The second-order valence-electron chi connectivity index (χ2n) is 5.63. The normalized spacial score (nSPS) is 27.1. The van der Waals surface area contributed by atoms with Crippen LogP contribution in [0.2, 0.25) is 5.02 Å². The third-order valence-corrected chi connectivity index (χ3v) is 4.06. The Morgan fingerprint density at radius 2 is 2.37 bits per heavy atom. The molecule has 2 unspecified atom stereocenters. The predicted octanol–water partition coefficient (Wildman–Crippen LogP) is 2.39. The van der Waals surface area contributed by atoms with Gasteiger partial charge in [0, 0.05) is 12.2 Å². The van der Waals surface area contributed by atoms with Gasteiger partial charge in [-0.15, -0.1) is 0 Å². The zero-order valence-electron chi connectivity index (χ0n) is 11.5. The number of aryl methyl sites for hydroxylation is 1. The lowest BCUT2D eigenvalue weighted by Crippen LogP contribution is -2.53. The molecule has 0 saturated heterocycles. The molecule has 106 valence electrons. The number of aromatic nitrogens is 2. The fourth-order valence-corrected chi connectivity index (χ4v) is 2.97. The van der Waals surface area contributed by atoms with E-state index in [2.05, 4.69) is 10.4 Å². The molecule has 1 heterocycles. The summed E-state index contributed by atoms with van der Waals surface area (Å²) in [7, 11) is 0. The van der Waals surface area contributed by atoms with Crippen molar-refractivity contribution in [2.75, 3.05) is 0 Å². The monoisotopic (exact) mass is 285 g/mol. The van der Waals surface area contributed by atoms with Crippen molar-refractivity contribution in [3.63, 3.8) is 0 Å². The number of nitrogens with zero attached hydrogens (tertiary/aromatic N) is 2. The molecular formula is C13H20ClN3O2. The van der Waals surface area contributed by atoms with Gasteiger partial charge in [0.15, 0.2) is 0 Å². The highest BCUT2D eigenvalue weighted by Gasteiger charge is 2.46. The molecule has 0 radical (unpaired) electrons. The second-order valence-corrected chi connectivity index (χ2v) is 6.03. The molecule has 1 aromatic heterocycles. The number of nitrogens with one attached hydrogen (secondary N) is 1. The lowest BCUT2D eigenvalue weighted by molar-refractivity contribution is -0.145. The predicted molar refractivity (Wildman–Crippen MR) is 73.5 cm³/mol. The summed E-state index contributed by atoms with van der Waals surface area (Å²) in [6.07, 6.45) is 3.73. The van der Waals surface area contributed by atoms with Gasteiger partial charge in [0.1, 0.15) is 5.54 Å². The van der Waals surface area contributed by atoms with Crippen molar-refractivity contribution in [1.82, 2.24) is 15.1 Å². The Morgan fingerprint density at radius 1 is 1.68 bits per heavy atom. The van der Waals surface area contributed by atoms with E-state index in [0.29, 0.717) is 17.9 Å². The first-order chi connectivity index (χ1) is 8.84. The van der Waals surface area contributed by atoms with E-state index in [0.717, 1.165) is 12.1 Å². The molecule has 0 spiro atoms. The Hall–Kier alpha value is -1.07. The van der Waals surface area contributed by atoms with E-state index >= 15 is 0 Å². The van der Waals surface area contributed by atoms with E-state index in [1.54, 1.807) is 6.20 Å². The van der Waals surface area contributed by atoms with Gasteiger partial charge in [0.25, 0.3) is 0 Å². The molecule has 1 saturated carbocycles. The summed E-state index contributed by atoms with van der Waals surface area (Å²) >= 11 is 6.01. The number of hydrogen-bond acceptors (Lipinski definition) is 3. The molecule has 0 aliphatic heterocycles. The van der Waals surface area contributed by atoms with Gasteiger partial charge in [0.05, 0.1) is 16.8 Å². The van der Waals surface area contributed by atoms with Crippen LogP contribution < -0.4 is 5.32 Å². The molecule has 2 atom stereocenters. The zero-order valence-corrected chi connectivity index (χ0v) is 12.2. The largest absolute Gasteiger partial charge is 0.480 e. The number of rotatable bonds is 4. The summed E-state index contributed by atoms with van der Waals surface area (Å²) in [5, 5.41) is 17.7. The van der Waals surface area contributed by atoms with Gasteiger partial charge in [-0.25, -0.2) is 0 Å². The molecule has 2 rings (SSSR count). The van der Waals surface area contributed by atoms with Crippen LogP contribution in [0, 0.1) is 6.92 Å². The van der Waals surface area contributed by atoms with E-state index in [-0.39, 0.29) is 12.1 Å². The summed E-state index contributed by atoms with van der Waals surface area (Å²) in [6.45, 7) is 5.78. The molecule has 19 heavy (non-hydrogen) atoms. The molecule has 0 aromatic carbocycles. The van der Waals surface area contributed by atoms with Gasteiger partial charge in [-0.2, -0.15) is 5.10 Å². The quantitative estimate of drug-likeness (QED) is 0.891. The van der Waals surface area contributed by atoms with Crippen LogP contribution in [0.1, 0.15) is 44.8 Å². The van der Waals surface area contributed by atoms with Gasteiger partial charge in [0.2, 0.25) is 0 Å². The minimum absolute atomic E-state index is 0.0912. The molecule has 2 N–H and O–H groups in total. The van der Waals surface area contributed by atoms with Crippen molar-refractivity contribution < 1.29 is 9.90 Å². The molecule has 1 fully saturated rings. The first kappa shape index (κ1) is 14.3. The first-order valence-electron chi connectivity index (χ1n) is 6.56. The van der Waals surface area contributed by atoms with Gasteiger partial charge in [-0.05, 0) is 40.0 Å². The van der Waals surface area contributed by atoms with Gasteiger partial charge >= 0.3 is 5.97 Å². The molecule has 0 amide bonds. The molecule has 0 bridgehead atoms. The summed E-state index contributed by atoms with van der Waals surface area (Å²) < 4.78 is 1.81. The van der Waals surface area contributed by atoms with Crippen LogP contribution in [-0.2, 0) is 4.79 Å². The average molecular weight is 286 g/mol. The van der Waals surface area contributed by atoms with Gasteiger partial charge in [-0.1, -0.05) is 11.6 Å². The molecule has 5 nitrogen and oxygen atoms in total.